The maximum atomic E-state index is 12.6. The van der Waals surface area contributed by atoms with Crippen molar-refractivity contribution in [3.8, 4) is 0 Å². The molecular weight excluding hydrogens is 213 g/mol. The van der Waals surface area contributed by atoms with E-state index in [1.807, 2.05) is 6.92 Å². The van der Waals surface area contributed by atoms with Crippen molar-refractivity contribution >= 4 is 0 Å². The van der Waals surface area contributed by atoms with E-state index >= 15 is 0 Å². The molecule has 0 nitrogen and oxygen atoms in total. The molecule has 0 radical (unpaired) electrons. The van der Waals surface area contributed by atoms with E-state index in [4.69, 9.17) is 0 Å². The Morgan fingerprint density at radius 1 is 0.875 bits per heavy atom. The largest absolute Gasteiger partial charge is 0.255 e. The van der Waals surface area contributed by atoms with Gasteiger partial charge in [-0.2, -0.15) is 0 Å². The van der Waals surface area contributed by atoms with Crippen LogP contribution < -0.4 is 0 Å². The monoisotopic (exact) mass is 242 g/mol. The zero-order valence-electron chi connectivity index (χ0n) is 11.7. The van der Waals surface area contributed by atoms with Crippen molar-refractivity contribution in [1.29, 1.82) is 0 Å². The van der Waals surface area contributed by atoms with Gasteiger partial charge in [-0.3, -0.25) is 4.39 Å². The van der Waals surface area contributed by atoms with E-state index in [1.54, 1.807) is 6.92 Å². The Balaban J connectivity index is -0.000000237. The first-order chi connectivity index (χ1) is 7.35. The van der Waals surface area contributed by atoms with E-state index in [-0.39, 0.29) is 12.8 Å². The minimum Gasteiger partial charge on any atom is -0.255 e. The standard InChI is InChI=1S/C8H16F2.C4H10.CH3F/c1-3-5-7-8(9,10)6-4-2;1-4(2)3;1-2/h3-7H2,1-2H3;4H,1-3H3;1H3. The molecule has 0 aliphatic rings. The minimum absolute atomic E-state index is 0.0486. The topological polar surface area (TPSA) is 0 Å². The van der Waals surface area contributed by atoms with Gasteiger partial charge in [0.2, 0.25) is 5.92 Å². The summed E-state index contributed by atoms with van der Waals surface area (Å²) < 4.78 is 34.7. The van der Waals surface area contributed by atoms with Crippen LogP contribution in [0, 0.1) is 5.92 Å². The number of alkyl halides is 3. The average Bonchev–Trinajstić information content (AvgIpc) is 2.17. The van der Waals surface area contributed by atoms with Crippen molar-refractivity contribution in [1.82, 2.24) is 0 Å². The highest BCUT2D eigenvalue weighted by Gasteiger charge is 2.25. The summed E-state index contributed by atoms with van der Waals surface area (Å²) in [6.45, 7) is 10.2. The first-order valence-corrected chi connectivity index (χ1v) is 6.11. The van der Waals surface area contributed by atoms with Gasteiger partial charge in [0.15, 0.2) is 0 Å². The van der Waals surface area contributed by atoms with Gasteiger partial charge in [-0.15, -0.1) is 0 Å². The number of hydrogen-bond donors (Lipinski definition) is 0. The molecule has 0 aromatic carbocycles. The van der Waals surface area contributed by atoms with E-state index < -0.39 is 5.92 Å². The zero-order valence-corrected chi connectivity index (χ0v) is 11.7. The molecule has 3 heteroatoms. The summed E-state index contributed by atoms with van der Waals surface area (Å²) in [6, 6.07) is 0. The van der Waals surface area contributed by atoms with Gasteiger partial charge in [-0.25, -0.2) is 8.78 Å². The molecule has 0 saturated carbocycles. The van der Waals surface area contributed by atoms with Crippen molar-refractivity contribution in [2.75, 3.05) is 7.18 Å². The molecule has 0 aromatic rings. The second-order valence-electron chi connectivity index (χ2n) is 4.44. The fourth-order valence-corrected chi connectivity index (χ4v) is 0.926. The normalized spacial score (nSPS) is 10.1. The van der Waals surface area contributed by atoms with Crippen LogP contribution in [0.3, 0.4) is 0 Å². The molecule has 0 saturated heterocycles. The number of rotatable bonds is 5. The number of unbranched alkanes of at least 4 members (excludes halogenated alkanes) is 1. The van der Waals surface area contributed by atoms with Crippen LogP contribution in [0.25, 0.3) is 0 Å². The van der Waals surface area contributed by atoms with Crippen LogP contribution in [0.4, 0.5) is 13.2 Å². The van der Waals surface area contributed by atoms with Gasteiger partial charge in [0.25, 0.3) is 0 Å². The summed E-state index contributed by atoms with van der Waals surface area (Å²) in [4.78, 5) is 0. The Morgan fingerprint density at radius 2 is 1.25 bits per heavy atom. The van der Waals surface area contributed by atoms with Crippen LogP contribution in [0.15, 0.2) is 0 Å². The van der Waals surface area contributed by atoms with Crippen LogP contribution in [0.2, 0.25) is 0 Å². The first kappa shape index (κ1) is 21.1. The third kappa shape index (κ3) is 29.2. The molecule has 102 valence electrons. The molecular formula is C13H29F3. The smallest absolute Gasteiger partial charge is 0.248 e. The number of hydrogen-bond acceptors (Lipinski definition) is 0. The highest BCUT2D eigenvalue weighted by Crippen LogP contribution is 2.26. The van der Waals surface area contributed by atoms with Crippen molar-refractivity contribution in [3.05, 3.63) is 0 Å². The SMILES string of the molecule is CC(C)C.CCCCC(F)(F)CCC.CF. The molecule has 0 N–H and O–H groups in total. The Kier molecular flexibility index (Phi) is 19.5. The maximum absolute atomic E-state index is 12.6. The van der Waals surface area contributed by atoms with Gasteiger partial charge in [0.05, 0.1) is 7.18 Å². The van der Waals surface area contributed by atoms with Crippen LogP contribution in [0.5, 0.6) is 0 Å². The molecule has 0 aromatic heterocycles. The van der Waals surface area contributed by atoms with Crippen molar-refractivity contribution in [2.45, 2.75) is 72.6 Å². The van der Waals surface area contributed by atoms with Crippen molar-refractivity contribution < 1.29 is 13.2 Å². The predicted molar refractivity (Wildman–Crippen MR) is 66.9 cm³/mol. The molecule has 0 aliphatic heterocycles. The fraction of sp³-hybridized carbons (Fsp3) is 1.00. The van der Waals surface area contributed by atoms with Gasteiger partial charge in [0.1, 0.15) is 0 Å². The molecule has 0 heterocycles. The Hall–Kier alpha value is -0.210. The van der Waals surface area contributed by atoms with Gasteiger partial charge >= 0.3 is 0 Å². The van der Waals surface area contributed by atoms with Crippen molar-refractivity contribution in [3.63, 3.8) is 0 Å². The summed E-state index contributed by atoms with van der Waals surface area (Å²) >= 11 is 0. The molecule has 0 amide bonds. The average molecular weight is 242 g/mol. The van der Waals surface area contributed by atoms with E-state index in [2.05, 4.69) is 20.8 Å². The maximum Gasteiger partial charge on any atom is 0.248 e. The van der Waals surface area contributed by atoms with E-state index in [0.717, 1.165) is 12.3 Å². The highest BCUT2D eigenvalue weighted by atomic mass is 19.3. The summed E-state index contributed by atoms with van der Waals surface area (Å²) in [5, 5.41) is 0. The lowest BCUT2D eigenvalue weighted by molar-refractivity contribution is -0.0186. The quantitative estimate of drug-likeness (QED) is 0.566. The van der Waals surface area contributed by atoms with Crippen molar-refractivity contribution in [2.24, 2.45) is 5.92 Å². The van der Waals surface area contributed by atoms with Gasteiger partial charge in [-0.05, 0) is 12.3 Å². The summed E-state index contributed by atoms with van der Waals surface area (Å²) in [5.41, 5.74) is 0. The predicted octanol–water partition coefficient (Wildman–Crippen LogP) is 5.86. The Morgan fingerprint density at radius 3 is 1.50 bits per heavy atom. The van der Waals surface area contributed by atoms with E-state index in [1.165, 1.54) is 0 Å². The lowest BCUT2D eigenvalue weighted by Crippen LogP contribution is -2.14. The molecule has 0 bridgehead atoms. The van der Waals surface area contributed by atoms with Gasteiger partial charge in [0, 0.05) is 12.8 Å². The van der Waals surface area contributed by atoms with Crippen LogP contribution in [-0.4, -0.2) is 13.1 Å². The summed E-state index contributed by atoms with van der Waals surface area (Å²) in [7, 11) is 0.500. The molecule has 0 fully saturated rings. The second kappa shape index (κ2) is 14.8. The van der Waals surface area contributed by atoms with Crippen LogP contribution in [0.1, 0.15) is 66.7 Å². The van der Waals surface area contributed by atoms with Gasteiger partial charge in [-0.1, -0.05) is 47.5 Å². The second-order valence-corrected chi connectivity index (χ2v) is 4.44. The van der Waals surface area contributed by atoms with E-state index in [9.17, 15) is 13.2 Å². The molecule has 0 aliphatic carbocycles. The summed E-state index contributed by atoms with van der Waals surface area (Å²) in [6.07, 6.45) is 2.20. The molecule has 16 heavy (non-hydrogen) atoms. The van der Waals surface area contributed by atoms with Crippen LogP contribution >= 0.6 is 0 Å². The minimum atomic E-state index is -2.40. The lowest BCUT2D eigenvalue weighted by atomic mass is 10.1. The number of halogens is 3. The molecule has 0 spiro atoms. The third-order valence-corrected chi connectivity index (χ3v) is 1.51. The fourth-order valence-electron chi connectivity index (χ4n) is 0.926. The Labute approximate surface area is 99.6 Å². The first-order valence-electron chi connectivity index (χ1n) is 6.11. The molecule has 0 rings (SSSR count). The third-order valence-electron chi connectivity index (χ3n) is 1.51. The van der Waals surface area contributed by atoms with Gasteiger partial charge < -0.3 is 0 Å². The Bertz CT molecular complexity index is 109. The van der Waals surface area contributed by atoms with E-state index in [0.29, 0.717) is 20.0 Å². The highest BCUT2D eigenvalue weighted by molar-refractivity contribution is 4.64. The molecule has 0 unspecified atom stereocenters. The summed E-state index contributed by atoms with van der Waals surface area (Å²) in [5.74, 6) is -1.56. The van der Waals surface area contributed by atoms with Crippen LogP contribution in [-0.2, 0) is 0 Å². The molecule has 0 atom stereocenters. The lowest BCUT2D eigenvalue weighted by Gasteiger charge is -2.13. The zero-order chi connectivity index (χ0) is 13.6.